The molecule has 0 unspecified atom stereocenters. The number of methoxy groups -OCH3 is 1. The third-order valence-corrected chi connectivity index (χ3v) is 4.94. The molecule has 4 rings (SSSR count). The van der Waals surface area contributed by atoms with Crippen molar-refractivity contribution in [3.8, 4) is 11.4 Å². The van der Waals surface area contributed by atoms with Crippen molar-refractivity contribution in [1.29, 1.82) is 0 Å². The topological polar surface area (TPSA) is 61.2 Å². The van der Waals surface area contributed by atoms with Gasteiger partial charge in [0.15, 0.2) is 0 Å². The molecule has 4 aromatic rings. The highest BCUT2D eigenvalue weighted by atomic mass is 32.1. The molecule has 0 saturated carbocycles. The van der Waals surface area contributed by atoms with Crippen molar-refractivity contribution in [2.75, 3.05) is 14.2 Å². The minimum Gasteiger partial charge on any atom is -0.497 e. The lowest BCUT2D eigenvalue weighted by Crippen LogP contribution is -2.22. The summed E-state index contributed by atoms with van der Waals surface area (Å²) in [4.78, 5) is 2.48. The first-order valence-electron chi connectivity index (χ1n) is 9.58. The van der Waals surface area contributed by atoms with Gasteiger partial charge < -0.3 is 9.15 Å². The predicted octanol–water partition coefficient (Wildman–Crippen LogP) is 4.08. The van der Waals surface area contributed by atoms with Crippen LogP contribution in [0.25, 0.3) is 5.69 Å². The highest BCUT2D eigenvalue weighted by Crippen LogP contribution is 2.15. The largest absolute Gasteiger partial charge is 0.497 e. The average Bonchev–Trinajstić information content (AvgIpc) is 3.36. The molecule has 0 saturated heterocycles. The van der Waals surface area contributed by atoms with Crippen LogP contribution < -0.4 is 4.74 Å². The predicted molar refractivity (Wildman–Crippen MR) is 116 cm³/mol. The standard InChI is InChI=1S/C22H23N5O2S/c1-25(14-18-13-23-26(15-18)19-6-4-3-5-7-19)16-27-22(30)29-21(24-27)12-17-8-10-20(28-2)11-9-17/h3-11,13,15H,12,14,16H2,1-2H3. The first kappa shape index (κ1) is 20.1. The van der Waals surface area contributed by atoms with E-state index in [0.29, 0.717) is 23.8 Å². The molecule has 0 radical (unpaired) electrons. The van der Waals surface area contributed by atoms with E-state index in [1.165, 1.54) is 0 Å². The number of ether oxygens (including phenoxy) is 1. The maximum Gasteiger partial charge on any atom is 0.288 e. The van der Waals surface area contributed by atoms with Crippen LogP contribution in [0, 0.1) is 4.84 Å². The number of rotatable bonds is 8. The molecule has 0 aliphatic heterocycles. The van der Waals surface area contributed by atoms with Crippen LogP contribution >= 0.6 is 12.2 Å². The van der Waals surface area contributed by atoms with Crippen LogP contribution in [0.5, 0.6) is 5.75 Å². The van der Waals surface area contributed by atoms with E-state index in [-0.39, 0.29) is 0 Å². The molecule has 0 fully saturated rings. The quantitative estimate of drug-likeness (QED) is 0.400. The Bertz CT molecular complexity index is 1150. The lowest BCUT2D eigenvalue weighted by atomic mass is 10.1. The number of hydrogen-bond acceptors (Lipinski definition) is 6. The first-order chi connectivity index (χ1) is 14.6. The fraction of sp³-hybridized carbons (Fsp3) is 0.227. The minimum absolute atomic E-state index is 0.366. The molecule has 2 aromatic carbocycles. The fourth-order valence-electron chi connectivity index (χ4n) is 3.18. The van der Waals surface area contributed by atoms with E-state index < -0.39 is 0 Å². The number of benzene rings is 2. The average molecular weight is 422 g/mol. The molecular formula is C22H23N5O2S. The molecule has 0 N–H and O–H groups in total. The van der Waals surface area contributed by atoms with E-state index in [1.54, 1.807) is 11.8 Å². The number of para-hydroxylation sites is 1. The molecule has 7 nitrogen and oxygen atoms in total. The van der Waals surface area contributed by atoms with Crippen molar-refractivity contribution >= 4 is 12.2 Å². The minimum atomic E-state index is 0.366. The van der Waals surface area contributed by atoms with Gasteiger partial charge in [-0.1, -0.05) is 30.3 Å². The second-order valence-electron chi connectivity index (χ2n) is 7.07. The Hall–Kier alpha value is -3.23. The molecular weight excluding hydrogens is 398 g/mol. The summed E-state index contributed by atoms with van der Waals surface area (Å²) in [5, 5.41) is 8.98. The fourth-order valence-corrected chi connectivity index (χ4v) is 3.38. The van der Waals surface area contributed by atoms with Gasteiger partial charge in [0.2, 0.25) is 5.89 Å². The summed E-state index contributed by atoms with van der Waals surface area (Å²) in [5.41, 5.74) is 3.23. The molecule has 0 atom stereocenters. The van der Waals surface area contributed by atoms with Crippen LogP contribution in [-0.4, -0.2) is 38.6 Å². The van der Waals surface area contributed by atoms with Gasteiger partial charge in [0.05, 0.1) is 32.1 Å². The van der Waals surface area contributed by atoms with E-state index >= 15 is 0 Å². The van der Waals surface area contributed by atoms with Crippen LogP contribution in [0.4, 0.5) is 0 Å². The van der Waals surface area contributed by atoms with Gasteiger partial charge in [-0.15, -0.1) is 5.10 Å². The van der Waals surface area contributed by atoms with Gasteiger partial charge in [-0.3, -0.25) is 4.90 Å². The monoisotopic (exact) mass is 421 g/mol. The molecule has 0 bridgehead atoms. The van der Waals surface area contributed by atoms with E-state index in [0.717, 1.165) is 29.1 Å². The molecule has 30 heavy (non-hydrogen) atoms. The third-order valence-electron chi connectivity index (χ3n) is 4.65. The van der Waals surface area contributed by atoms with Crippen molar-refractivity contribution in [3.05, 3.63) is 88.8 Å². The van der Waals surface area contributed by atoms with E-state index in [9.17, 15) is 0 Å². The van der Waals surface area contributed by atoms with Crippen molar-refractivity contribution < 1.29 is 9.15 Å². The van der Waals surface area contributed by atoms with Gasteiger partial charge in [0.25, 0.3) is 4.84 Å². The van der Waals surface area contributed by atoms with Gasteiger partial charge >= 0.3 is 0 Å². The Balaban J connectivity index is 1.38. The molecule has 8 heteroatoms. The van der Waals surface area contributed by atoms with Crippen LogP contribution in [0.2, 0.25) is 0 Å². The Morgan fingerprint density at radius 3 is 2.57 bits per heavy atom. The van der Waals surface area contributed by atoms with Gasteiger partial charge in [0, 0.05) is 18.3 Å². The highest BCUT2D eigenvalue weighted by molar-refractivity contribution is 7.71. The van der Waals surface area contributed by atoms with E-state index in [2.05, 4.69) is 15.1 Å². The zero-order chi connectivity index (χ0) is 20.9. The van der Waals surface area contributed by atoms with Crippen LogP contribution in [0.3, 0.4) is 0 Å². The van der Waals surface area contributed by atoms with Crippen molar-refractivity contribution in [1.82, 2.24) is 24.5 Å². The normalized spacial score (nSPS) is 11.2. The zero-order valence-corrected chi connectivity index (χ0v) is 17.7. The maximum absolute atomic E-state index is 5.68. The SMILES string of the molecule is COc1ccc(Cc2nn(CN(C)Cc3cnn(-c4ccccc4)c3)c(=S)o2)cc1. The summed E-state index contributed by atoms with van der Waals surface area (Å²) < 4.78 is 14.4. The number of nitrogens with zero attached hydrogens (tertiary/aromatic N) is 5. The summed E-state index contributed by atoms with van der Waals surface area (Å²) in [6.45, 7) is 1.25. The van der Waals surface area contributed by atoms with Crippen LogP contribution in [0.1, 0.15) is 17.0 Å². The Morgan fingerprint density at radius 1 is 1.07 bits per heavy atom. The highest BCUT2D eigenvalue weighted by Gasteiger charge is 2.10. The summed E-state index contributed by atoms with van der Waals surface area (Å²) >= 11 is 5.35. The lowest BCUT2D eigenvalue weighted by Gasteiger charge is -2.14. The van der Waals surface area contributed by atoms with Gasteiger partial charge in [-0.05, 0) is 49.1 Å². The van der Waals surface area contributed by atoms with E-state index in [1.807, 2.05) is 78.7 Å². The summed E-state index contributed by atoms with van der Waals surface area (Å²) in [5.74, 6) is 1.41. The van der Waals surface area contributed by atoms with Crippen LogP contribution in [0.15, 0.2) is 71.4 Å². The molecule has 0 amide bonds. The molecule has 2 heterocycles. The third kappa shape index (κ3) is 4.84. The zero-order valence-electron chi connectivity index (χ0n) is 16.9. The Labute approximate surface area is 180 Å². The molecule has 154 valence electrons. The van der Waals surface area contributed by atoms with Gasteiger partial charge in [-0.25, -0.2) is 9.36 Å². The molecule has 0 aliphatic carbocycles. The summed E-state index contributed by atoms with van der Waals surface area (Å²) in [6, 6.07) is 17.9. The Kier molecular flexibility index (Phi) is 6.06. The number of aromatic nitrogens is 4. The van der Waals surface area contributed by atoms with Crippen LogP contribution in [-0.2, 0) is 19.6 Å². The van der Waals surface area contributed by atoms with E-state index in [4.69, 9.17) is 21.4 Å². The van der Waals surface area contributed by atoms with Gasteiger partial charge in [-0.2, -0.15) is 5.10 Å². The lowest BCUT2D eigenvalue weighted by molar-refractivity contribution is 0.240. The summed E-state index contributed by atoms with van der Waals surface area (Å²) in [7, 11) is 3.66. The summed E-state index contributed by atoms with van der Waals surface area (Å²) in [6.07, 6.45) is 4.48. The number of hydrogen-bond donors (Lipinski definition) is 0. The van der Waals surface area contributed by atoms with Crippen molar-refractivity contribution in [2.45, 2.75) is 19.6 Å². The second-order valence-corrected chi connectivity index (χ2v) is 7.42. The molecule has 0 spiro atoms. The Morgan fingerprint density at radius 2 is 1.83 bits per heavy atom. The maximum atomic E-state index is 5.68. The molecule has 2 aromatic heterocycles. The second kappa shape index (κ2) is 9.06. The van der Waals surface area contributed by atoms with Crippen molar-refractivity contribution in [3.63, 3.8) is 0 Å². The van der Waals surface area contributed by atoms with Crippen molar-refractivity contribution in [2.24, 2.45) is 0 Å². The molecule has 0 aliphatic rings. The van der Waals surface area contributed by atoms with Gasteiger partial charge in [0.1, 0.15) is 5.75 Å². The smallest absolute Gasteiger partial charge is 0.288 e. The first-order valence-corrected chi connectivity index (χ1v) is 9.99.